The first-order valence-corrected chi connectivity index (χ1v) is 17.9. The van der Waals surface area contributed by atoms with Crippen LogP contribution in [-0.4, -0.2) is 0 Å². The van der Waals surface area contributed by atoms with E-state index in [4.69, 9.17) is 8.83 Å². The highest BCUT2D eigenvalue weighted by Crippen LogP contribution is 2.40. The largest absolute Gasteiger partial charge is 0.456 e. The lowest BCUT2D eigenvalue weighted by molar-refractivity contribution is 0.668. The SMILES string of the molecule is c1ccc2c(c1)oc1ccc(-c3ccc(-c4ccc(Nc5ccc(-c6ccc(-c7ccc8oc9ccccc9c8c7)s6)cc5)cc4)s3)cc12. The van der Waals surface area contributed by atoms with Gasteiger partial charge in [0.2, 0.25) is 0 Å². The van der Waals surface area contributed by atoms with Gasteiger partial charge in [0.1, 0.15) is 22.3 Å². The van der Waals surface area contributed by atoms with Crippen LogP contribution in [0.25, 0.3) is 85.6 Å². The third-order valence-electron chi connectivity index (χ3n) is 9.16. The minimum atomic E-state index is 0.925. The van der Waals surface area contributed by atoms with Gasteiger partial charge in [-0.3, -0.25) is 0 Å². The molecule has 0 spiro atoms. The van der Waals surface area contributed by atoms with Crippen molar-refractivity contribution in [2.24, 2.45) is 0 Å². The van der Waals surface area contributed by atoms with Crippen molar-refractivity contribution in [2.45, 2.75) is 0 Å². The second-order valence-electron chi connectivity index (χ2n) is 12.2. The van der Waals surface area contributed by atoms with Crippen molar-refractivity contribution in [1.29, 1.82) is 0 Å². The molecule has 3 nitrogen and oxygen atoms in total. The van der Waals surface area contributed by atoms with Crippen LogP contribution in [0, 0.1) is 0 Å². The Balaban J connectivity index is 0.837. The van der Waals surface area contributed by atoms with Crippen molar-refractivity contribution < 1.29 is 8.83 Å². The highest BCUT2D eigenvalue weighted by atomic mass is 32.1. The van der Waals surface area contributed by atoms with Gasteiger partial charge in [0.15, 0.2) is 0 Å². The third kappa shape index (κ3) is 5.03. The zero-order chi connectivity index (χ0) is 32.3. The Morgan fingerprint density at radius 2 is 0.694 bits per heavy atom. The van der Waals surface area contributed by atoms with E-state index in [0.717, 1.165) is 55.3 Å². The number of hydrogen-bond acceptors (Lipinski definition) is 5. The van der Waals surface area contributed by atoms with Gasteiger partial charge >= 0.3 is 0 Å². The first-order chi connectivity index (χ1) is 24.2. The number of furan rings is 2. The van der Waals surface area contributed by atoms with Crippen LogP contribution in [0.4, 0.5) is 11.4 Å². The van der Waals surface area contributed by atoms with Gasteiger partial charge in [0, 0.05) is 52.4 Å². The Hall–Kier alpha value is -5.88. The molecule has 10 aromatic rings. The number of rotatable bonds is 6. The van der Waals surface area contributed by atoms with Crippen LogP contribution < -0.4 is 5.32 Å². The quantitative estimate of drug-likeness (QED) is 0.192. The van der Waals surface area contributed by atoms with Gasteiger partial charge in [-0.05, 0) is 119 Å². The summed E-state index contributed by atoms with van der Waals surface area (Å²) in [4.78, 5) is 4.98. The van der Waals surface area contributed by atoms with E-state index in [1.165, 1.54) is 41.8 Å². The van der Waals surface area contributed by atoms with Gasteiger partial charge in [0.25, 0.3) is 0 Å². The molecule has 0 saturated carbocycles. The van der Waals surface area contributed by atoms with E-state index >= 15 is 0 Å². The number of nitrogens with one attached hydrogen (secondary N) is 1. The van der Waals surface area contributed by atoms with Gasteiger partial charge < -0.3 is 14.2 Å². The van der Waals surface area contributed by atoms with Crippen molar-refractivity contribution in [2.75, 3.05) is 5.32 Å². The lowest BCUT2D eigenvalue weighted by atomic mass is 10.1. The molecule has 0 atom stereocenters. The Morgan fingerprint density at radius 3 is 1.14 bits per heavy atom. The molecule has 0 bridgehead atoms. The summed E-state index contributed by atoms with van der Waals surface area (Å²) in [5, 5.41) is 8.20. The maximum Gasteiger partial charge on any atom is 0.135 e. The van der Waals surface area contributed by atoms with E-state index in [9.17, 15) is 0 Å². The minimum absolute atomic E-state index is 0.925. The highest BCUT2D eigenvalue weighted by molar-refractivity contribution is 7.19. The van der Waals surface area contributed by atoms with E-state index in [0.29, 0.717) is 0 Å². The number of anilines is 2. The molecule has 0 saturated heterocycles. The molecule has 0 radical (unpaired) electrons. The zero-order valence-electron chi connectivity index (χ0n) is 26.1. The topological polar surface area (TPSA) is 38.3 Å². The second-order valence-corrected chi connectivity index (χ2v) is 14.4. The highest BCUT2D eigenvalue weighted by Gasteiger charge is 2.12. The fraction of sp³-hybridized carbons (Fsp3) is 0. The smallest absolute Gasteiger partial charge is 0.135 e. The van der Waals surface area contributed by atoms with Gasteiger partial charge in [-0.2, -0.15) is 0 Å². The van der Waals surface area contributed by atoms with Crippen molar-refractivity contribution in [3.8, 4) is 41.8 Å². The molecule has 49 heavy (non-hydrogen) atoms. The molecule has 6 aromatic carbocycles. The van der Waals surface area contributed by atoms with Crippen LogP contribution in [0.2, 0.25) is 0 Å². The average Bonchev–Trinajstić information content (AvgIpc) is 3.97. The van der Waals surface area contributed by atoms with Gasteiger partial charge in [-0.15, -0.1) is 22.7 Å². The molecule has 0 unspecified atom stereocenters. The minimum Gasteiger partial charge on any atom is -0.456 e. The molecule has 5 heteroatoms. The lowest BCUT2D eigenvalue weighted by Gasteiger charge is -2.08. The molecule has 1 N–H and O–H groups in total. The lowest BCUT2D eigenvalue weighted by Crippen LogP contribution is -1.89. The molecule has 232 valence electrons. The van der Waals surface area contributed by atoms with E-state index in [1.54, 1.807) is 0 Å². The van der Waals surface area contributed by atoms with Crippen LogP contribution in [0.3, 0.4) is 0 Å². The summed E-state index contributed by atoms with van der Waals surface area (Å²) in [6.07, 6.45) is 0. The summed E-state index contributed by atoms with van der Waals surface area (Å²) >= 11 is 3.62. The van der Waals surface area contributed by atoms with Crippen LogP contribution >= 0.6 is 22.7 Å². The monoisotopic (exact) mass is 665 g/mol. The molecular formula is C44H27NO2S2. The summed E-state index contributed by atoms with van der Waals surface area (Å²) < 4.78 is 12.1. The Kier molecular flexibility index (Phi) is 6.54. The van der Waals surface area contributed by atoms with E-state index in [2.05, 4.69) is 139 Å². The van der Waals surface area contributed by atoms with E-state index < -0.39 is 0 Å². The molecular weight excluding hydrogens is 639 g/mol. The molecule has 0 aliphatic heterocycles. The third-order valence-corrected chi connectivity index (χ3v) is 11.5. The molecule has 0 amide bonds. The molecule has 4 heterocycles. The van der Waals surface area contributed by atoms with Crippen LogP contribution in [0.1, 0.15) is 0 Å². The average molecular weight is 666 g/mol. The van der Waals surface area contributed by atoms with Gasteiger partial charge in [-0.25, -0.2) is 0 Å². The summed E-state index contributed by atoms with van der Waals surface area (Å²) in [6, 6.07) is 55.6. The number of para-hydroxylation sites is 2. The molecule has 0 fully saturated rings. The van der Waals surface area contributed by atoms with Crippen LogP contribution in [0.15, 0.2) is 167 Å². The number of benzene rings is 6. The summed E-state index contributed by atoms with van der Waals surface area (Å²) in [7, 11) is 0. The first kappa shape index (κ1) is 28.2. The Morgan fingerprint density at radius 1 is 0.327 bits per heavy atom. The summed E-state index contributed by atoms with van der Waals surface area (Å²) in [5.41, 5.74) is 10.7. The molecule has 4 aromatic heterocycles. The predicted molar refractivity (Wildman–Crippen MR) is 208 cm³/mol. The van der Waals surface area contributed by atoms with Gasteiger partial charge in [-0.1, -0.05) is 60.7 Å². The van der Waals surface area contributed by atoms with Crippen molar-refractivity contribution >= 4 is 77.9 Å². The Bertz CT molecular complexity index is 2600. The predicted octanol–water partition coefficient (Wildman–Crippen LogP) is 14.0. The maximum absolute atomic E-state index is 6.03. The van der Waals surface area contributed by atoms with Gasteiger partial charge in [0.05, 0.1) is 0 Å². The number of thiophene rings is 2. The second kappa shape index (κ2) is 11.4. The van der Waals surface area contributed by atoms with Crippen molar-refractivity contribution in [1.82, 2.24) is 0 Å². The van der Waals surface area contributed by atoms with E-state index in [1.807, 2.05) is 46.9 Å². The number of hydrogen-bond donors (Lipinski definition) is 1. The van der Waals surface area contributed by atoms with E-state index in [-0.39, 0.29) is 0 Å². The van der Waals surface area contributed by atoms with Crippen LogP contribution in [-0.2, 0) is 0 Å². The summed E-state index contributed by atoms with van der Waals surface area (Å²) in [6.45, 7) is 0. The maximum atomic E-state index is 6.03. The first-order valence-electron chi connectivity index (χ1n) is 16.2. The fourth-order valence-electron chi connectivity index (χ4n) is 6.66. The van der Waals surface area contributed by atoms with Crippen LogP contribution in [0.5, 0.6) is 0 Å². The Labute approximate surface area is 290 Å². The fourth-order valence-corrected chi connectivity index (χ4v) is 8.67. The molecule has 0 aliphatic rings. The normalized spacial score (nSPS) is 11.7. The molecule has 10 rings (SSSR count). The summed E-state index contributed by atoms with van der Waals surface area (Å²) in [5.74, 6) is 0. The van der Waals surface area contributed by atoms with Crippen molar-refractivity contribution in [3.05, 3.63) is 158 Å². The molecule has 0 aliphatic carbocycles. The zero-order valence-corrected chi connectivity index (χ0v) is 27.8. The standard InChI is InChI=1S/C44H27NO2S2/c1-3-7-37-33(5-1)35-25-29(13-19-39(35)46-37)43-23-21-41(48-43)27-9-15-31(16-10-27)45-32-17-11-28(12-18-32)42-22-24-44(49-42)30-14-20-40-36(26-30)34-6-2-4-8-38(34)47-40/h1-26,45H. The van der Waals surface area contributed by atoms with Crippen molar-refractivity contribution in [3.63, 3.8) is 0 Å². The number of fused-ring (bicyclic) bond motifs is 6.